The van der Waals surface area contributed by atoms with Gasteiger partial charge >= 0.3 is 0 Å². The highest BCUT2D eigenvalue weighted by molar-refractivity contribution is 5.78. The first kappa shape index (κ1) is 18.3. The molecular formula is C25H18N2O2. The second-order valence-corrected chi connectivity index (χ2v) is 6.39. The summed E-state index contributed by atoms with van der Waals surface area (Å²) < 4.78 is 10.8. The highest BCUT2D eigenvalue weighted by Gasteiger charge is 2.16. The van der Waals surface area contributed by atoms with Crippen LogP contribution in [-0.2, 0) is 0 Å². The molecule has 0 amide bonds. The largest absolute Gasteiger partial charge is 0.480 e. The molecule has 0 radical (unpaired) electrons. The zero-order valence-corrected chi connectivity index (χ0v) is 15.9. The van der Waals surface area contributed by atoms with Crippen LogP contribution in [0.1, 0.15) is 16.7 Å². The van der Waals surface area contributed by atoms with E-state index in [1.807, 2.05) is 54.6 Å². The molecule has 29 heavy (non-hydrogen) atoms. The summed E-state index contributed by atoms with van der Waals surface area (Å²) in [6, 6.07) is 25.9. The summed E-state index contributed by atoms with van der Waals surface area (Å²) >= 11 is 0. The van der Waals surface area contributed by atoms with Crippen molar-refractivity contribution in [3.8, 4) is 34.5 Å². The fraction of sp³-hybridized carbons (Fsp3) is 0.0400. The number of hydrogen-bond acceptors (Lipinski definition) is 4. The zero-order valence-electron chi connectivity index (χ0n) is 15.9. The summed E-state index contributed by atoms with van der Waals surface area (Å²) in [5, 5.41) is 9.67. The van der Waals surface area contributed by atoms with Crippen LogP contribution in [0.5, 0.6) is 5.88 Å². The van der Waals surface area contributed by atoms with Crippen molar-refractivity contribution in [1.82, 2.24) is 4.98 Å². The van der Waals surface area contributed by atoms with E-state index in [0.29, 0.717) is 17.0 Å². The van der Waals surface area contributed by atoms with Gasteiger partial charge in [-0.05, 0) is 34.9 Å². The standard InChI is InChI=1S/C25H18N2O2/c1-28-25-22(17-26)21(16-23(27-25)24-8-5-15-29-24)20-13-11-19(12-14-20)10-9-18-6-3-2-4-7-18/h2-16H,1H3/b10-9+. The van der Waals surface area contributed by atoms with E-state index in [1.165, 1.54) is 7.11 Å². The van der Waals surface area contributed by atoms with E-state index in [4.69, 9.17) is 9.15 Å². The van der Waals surface area contributed by atoms with Gasteiger partial charge in [-0.2, -0.15) is 5.26 Å². The lowest BCUT2D eigenvalue weighted by molar-refractivity contribution is 0.397. The summed E-state index contributed by atoms with van der Waals surface area (Å²) in [6.45, 7) is 0. The highest BCUT2D eigenvalue weighted by atomic mass is 16.5. The Morgan fingerprint density at radius 1 is 0.931 bits per heavy atom. The van der Waals surface area contributed by atoms with Gasteiger partial charge in [0.2, 0.25) is 5.88 Å². The molecule has 2 heterocycles. The second-order valence-electron chi connectivity index (χ2n) is 6.39. The van der Waals surface area contributed by atoms with Gasteiger partial charge in [0, 0.05) is 5.56 Å². The number of benzene rings is 2. The molecule has 0 atom stereocenters. The summed E-state index contributed by atoms with van der Waals surface area (Å²) in [4.78, 5) is 4.42. The van der Waals surface area contributed by atoms with Gasteiger partial charge in [0.15, 0.2) is 5.76 Å². The molecule has 0 unspecified atom stereocenters. The van der Waals surface area contributed by atoms with E-state index in [2.05, 4.69) is 35.3 Å². The van der Waals surface area contributed by atoms with Crippen molar-refractivity contribution in [3.63, 3.8) is 0 Å². The minimum Gasteiger partial charge on any atom is -0.480 e. The fourth-order valence-corrected chi connectivity index (χ4v) is 3.09. The first-order valence-electron chi connectivity index (χ1n) is 9.15. The Morgan fingerprint density at radius 3 is 2.28 bits per heavy atom. The summed E-state index contributed by atoms with van der Waals surface area (Å²) in [5.74, 6) is 0.904. The minimum absolute atomic E-state index is 0.282. The van der Waals surface area contributed by atoms with E-state index >= 15 is 0 Å². The lowest BCUT2D eigenvalue weighted by atomic mass is 9.98. The average molecular weight is 378 g/mol. The van der Waals surface area contributed by atoms with Gasteiger partial charge in [-0.15, -0.1) is 0 Å². The first-order valence-corrected chi connectivity index (χ1v) is 9.15. The fourth-order valence-electron chi connectivity index (χ4n) is 3.09. The SMILES string of the molecule is COc1nc(-c2ccco2)cc(-c2ccc(/C=C/c3ccccc3)cc2)c1C#N. The Kier molecular flexibility index (Phi) is 5.22. The van der Waals surface area contributed by atoms with Crippen LogP contribution in [0, 0.1) is 11.3 Å². The predicted octanol–water partition coefficient (Wildman–Crippen LogP) is 6.06. The number of pyridine rings is 1. The normalized spacial score (nSPS) is 10.8. The predicted molar refractivity (Wildman–Crippen MR) is 114 cm³/mol. The second kappa shape index (κ2) is 8.28. The molecule has 0 saturated carbocycles. The molecule has 2 aromatic heterocycles. The van der Waals surface area contributed by atoms with Gasteiger partial charge in [-0.25, -0.2) is 4.98 Å². The highest BCUT2D eigenvalue weighted by Crippen LogP contribution is 2.33. The Balaban J connectivity index is 1.71. The number of aromatic nitrogens is 1. The van der Waals surface area contributed by atoms with Crippen molar-refractivity contribution in [3.05, 3.63) is 95.7 Å². The van der Waals surface area contributed by atoms with Gasteiger partial charge in [-0.1, -0.05) is 66.7 Å². The molecule has 140 valence electrons. The third-order valence-corrected chi connectivity index (χ3v) is 4.55. The van der Waals surface area contributed by atoms with E-state index < -0.39 is 0 Å². The average Bonchev–Trinajstić information content (AvgIpc) is 3.33. The zero-order chi connectivity index (χ0) is 20.1. The smallest absolute Gasteiger partial charge is 0.232 e. The van der Waals surface area contributed by atoms with E-state index in [1.54, 1.807) is 12.3 Å². The van der Waals surface area contributed by atoms with Gasteiger partial charge in [0.05, 0.1) is 13.4 Å². The van der Waals surface area contributed by atoms with Crippen LogP contribution < -0.4 is 4.74 Å². The van der Waals surface area contributed by atoms with Crippen molar-refractivity contribution in [2.24, 2.45) is 0 Å². The third-order valence-electron chi connectivity index (χ3n) is 4.55. The molecule has 0 aliphatic heterocycles. The third kappa shape index (κ3) is 3.95. The Hall–Kier alpha value is -4.10. The molecule has 2 aromatic carbocycles. The minimum atomic E-state index is 0.282. The lowest BCUT2D eigenvalue weighted by Crippen LogP contribution is -1.97. The number of furan rings is 1. The molecule has 0 saturated heterocycles. The molecule has 4 heteroatoms. The molecular weight excluding hydrogens is 360 g/mol. The Morgan fingerprint density at radius 2 is 1.66 bits per heavy atom. The van der Waals surface area contributed by atoms with Crippen LogP contribution in [0.2, 0.25) is 0 Å². The topological polar surface area (TPSA) is 59.1 Å². The lowest BCUT2D eigenvalue weighted by Gasteiger charge is -2.10. The van der Waals surface area contributed by atoms with Crippen LogP contribution in [-0.4, -0.2) is 12.1 Å². The number of nitrogens with zero attached hydrogens (tertiary/aromatic N) is 2. The molecule has 4 aromatic rings. The number of nitriles is 1. The number of methoxy groups -OCH3 is 1. The molecule has 0 spiro atoms. The van der Waals surface area contributed by atoms with Crippen LogP contribution in [0.3, 0.4) is 0 Å². The van der Waals surface area contributed by atoms with Crippen molar-refractivity contribution in [2.75, 3.05) is 7.11 Å². The van der Waals surface area contributed by atoms with Gasteiger partial charge in [-0.3, -0.25) is 0 Å². The molecule has 0 fully saturated rings. The van der Waals surface area contributed by atoms with Crippen molar-refractivity contribution in [2.45, 2.75) is 0 Å². The molecule has 0 aliphatic rings. The maximum Gasteiger partial charge on any atom is 0.232 e. The number of ether oxygens (including phenoxy) is 1. The van der Waals surface area contributed by atoms with Crippen molar-refractivity contribution >= 4 is 12.2 Å². The molecule has 0 N–H and O–H groups in total. The van der Waals surface area contributed by atoms with E-state index in [-0.39, 0.29) is 5.88 Å². The van der Waals surface area contributed by atoms with E-state index in [0.717, 1.165) is 22.3 Å². The van der Waals surface area contributed by atoms with E-state index in [9.17, 15) is 5.26 Å². The first-order chi connectivity index (χ1) is 14.3. The van der Waals surface area contributed by atoms with Gasteiger partial charge in [0.25, 0.3) is 0 Å². The number of hydrogen-bond donors (Lipinski definition) is 0. The van der Waals surface area contributed by atoms with Crippen LogP contribution >= 0.6 is 0 Å². The van der Waals surface area contributed by atoms with Gasteiger partial charge in [0.1, 0.15) is 17.3 Å². The van der Waals surface area contributed by atoms with Crippen LogP contribution in [0.25, 0.3) is 34.7 Å². The summed E-state index contributed by atoms with van der Waals surface area (Å²) in [6.07, 6.45) is 5.72. The van der Waals surface area contributed by atoms with Crippen LogP contribution in [0.4, 0.5) is 0 Å². The van der Waals surface area contributed by atoms with Crippen molar-refractivity contribution in [1.29, 1.82) is 5.26 Å². The molecule has 4 rings (SSSR count). The Labute approximate surface area is 169 Å². The Bertz CT molecular complexity index is 1170. The maximum atomic E-state index is 9.67. The maximum absolute atomic E-state index is 9.67. The summed E-state index contributed by atoms with van der Waals surface area (Å²) in [5.41, 5.74) is 4.90. The van der Waals surface area contributed by atoms with Crippen LogP contribution in [0.15, 0.2) is 83.5 Å². The quantitative estimate of drug-likeness (QED) is 0.396. The molecule has 0 aliphatic carbocycles. The van der Waals surface area contributed by atoms with Crippen molar-refractivity contribution < 1.29 is 9.15 Å². The molecule has 4 nitrogen and oxygen atoms in total. The summed E-state index contributed by atoms with van der Waals surface area (Å²) in [7, 11) is 1.51. The van der Waals surface area contributed by atoms with Gasteiger partial charge < -0.3 is 9.15 Å². The molecule has 0 bridgehead atoms. The monoisotopic (exact) mass is 378 g/mol. The number of rotatable bonds is 5.